The number of oxazole rings is 1. The van der Waals surface area contributed by atoms with Crippen LogP contribution in [0.1, 0.15) is 17.3 Å². The maximum atomic E-state index is 13.1. The zero-order valence-electron chi connectivity index (χ0n) is 11.8. The summed E-state index contributed by atoms with van der Waals surface area (Å²) in [5, 5.41) is 2.89. The number of ketones is 1. The highest BCUT2D eigenvalue weighted by Crippen LogP contribution is 2.25. The molecule has 0 amide bonds. The Hall–Kier alpha value is -2.95. The van der Waals surface area contributed by atoms with Crippen molar-refractivity contribution in [3.63, 3.8) is 0 Å². The van der Waals surface area contributed by atoms with Crippen LogP contribution in [-0.4, -0.2) is 10.8 Å². The van der Waals surface area contributed by atoms with Crippen molar-refractivity contribution >= 4 is 17.5 Å². The molecule has 0 aliphatic carbocycles. The number of rotatable bonds is 4. The Morgan fingerprint density at radius 1 is 1.18 bits per heavy atom. The second-order valence-electron chi connectivity index (χ2n) is 4.80. The first-order valence-corrected chi connectivity index (χ1v) is 6.71. The van der Waals surface area contributed by atoms with Gasteiger partial charge in [0.2, 0.25) is 0 Å². The number of hydrogen-bond donors (Lipinski definition) is 1. The van der Waals surface area contributed by atoms with E-state index < -0.39 is 0 Å². The molecular formula is C17H13FN2O2. The number of carbonyl (C=O) groups is 1. The zero-order chi connectivity index (χ0) is 15.5. The number of nitrogens with one attached hydrogen (secondary N) is 1. The molecular weight excluding hydrogens is 283 g/mol. The lowest BCUT2D eigenvalue weighted by molar-refractivity contribution is 0.101. The molecule has 0 radical (unpaired) electrons. The third-order valence-corrected chi connectivity index (χ3v) is 3.16. The molecule has 0 aliphatic rings. The van der Waals surface area contributed by atoms with Crippen LogP contribution in [0.25, 0.3) is 11.3 Å². The molecule has 1 heterocycles. The standard InChI is InChI=1S/C17H13FN2O2/c1-11(21)12-5-7-13(8-6-12)16-10-19-17(22-16)20-15-4-2-3-14(18)9-15/h2-10H,1H3,(H,19,20). The van der Waals surface area contributed by atoms with Crippen molar-refractivity contribution in [1.82, 2.24) is 4.98 Å². The molecule has 0 spiro atoms. The molecule has 0 fully saturated rings. The van der Waals surface area contributed by atoms with Gasteiger partial charge in [0.05, 0.1) is 6.20 Å². The molecule has 2 aromatic carbocycles. The maximum Gasteiger partial charge on any atom is 0.299 e. The molecule has 0 saturated carbocycles. The average Bonchev–Trinajstić information content (AvgIpc) is 2.96. The summed E-state index contributed by atoms with van der Waals surface area (Å²) in [5.74, 6) is 0.239. The predicted octanol–water partition coefficient (Wildman–Crippen LogP) is 4.43. The van der Waals surface area contributed by atoms with Gasteiger partial charge in [0.15, 0.2) is 11.5 Å². The van der Waals surface area contributed by atoms with E-state index in [0.717, 1.165) is 5.56 Å². The lowest BCUT2D eigenvalue weighted by Gasteiger charge is -2.01. The number of carbonyl (C=O) groups excluding carboxylic acids is 1. The average molecular weight is 296 g/mol. The van der Waals surface area contributed by atoms with Gasteiger partial charge in [-0.25, -0.2) is 9.37 Å². The summed E-state index contributed by atoms with van der Waals surface area (Å²) in [6.07, 6.45) is 1.57. The van der Waals surface area contributed by atoms with Gasteiger partial charge < -0.3 is 9.73 Å². The van der Waals surface area contributed by atoms with Crippen LogP contribution < -0.4 is 5.32 Å². The molecule has 110 valence electrons. The maximum absolute atomic E-state index is 13.1. The van der Waals surface area contributed by atoms with E-state index >= 15 is 0 Å². The molecule has 0 atom stereocenters. The van der Waals surface area contributed by atoms with Crippen LogP contribution in [-0.2, 0) is 0 Å². The topological polar surface area (TPSA) is 55.1 Å². The van der Waals surface area contributed by atoms with Crippen molar-refractivity contribution in [2.24, 2.45) is 0 Å². The SMILES string of the molecule is CC(=O)c1ccc(-c2cnc(Nc3cccc(F)c3)o2)cc1. The van der Waals surface area contributed by atoms with E-state index in [9.17, 15) is 9.18 Å². The van der Waals surface area contributed by atoms with Gasteiger partial charge in [-0.2, -0.15) is 0 Å². The lowest BCUT2D eigenvalue weighted by Crippen LogP contribution is -1.90. The molecule has 3 rings (SSSR count). The van der Waals surface area contributed by atoms with Crippen molar-refractivity contribution < 1.29 is 13.6 Å². The van der Waals surface area contributed by atoms with Gasteiger partial charge in [-0.1, -0.05) is 30.3 Å². The van der Waals surface area contributed by atoms with Crippen LogP contribution in [0, 0.1) is 5.82 Å². The van der Waals surface area contributed by atoms with E-state index in [1.54, 1.807) is 42.6 Å². The number of anilines is 2. The first-order valence-electron chi connectivity index (χ1n) is 6.71. The fourth-order valence-electron chi connectivity index (χ4n) is 2.02. The fourth-order valence-corrected chi connectivity index (χ4v) is 2.02. The van der Waals surface area contributed by atoms with Crippen LogP contribution >= 0.6 is 0 Å². The summed E-state index contributed by atoms with van der Waals surface area (Å²) in [6, 6.07) is 13.4. The highest BCUT2D eigenvalue weighted by atomic mass is 19.1. The third-order valence-electron chi connectivity index (χ3n) is 3.16. The molecule has 0 aliphatic heterocycles. The molecule has 4 nitrogen and oxygen atoms in total. The van der Waals surface area contributed by atoms with Crippen LogP contribution in [0.15, 0.2) is 59.1 Å². The summed E-state index contributed by atoms with van der Waals surface area (Å²) in [5.41, 5.74) is 2.01. The Labute approximate surface area is 126 Å². The molecule has 0 unspecified atom stereocenters. The Kier molecular flexibility index (Phi) is 3.70. The summed E-state index contributed by atoms with van der Waals surface area (Å²) in [7, 11) is 0. The van der Waals surface area contributed by atoms with Gasteiger partial charge in [-0.05, 0) is 25.1 Å². The Morgan fingerprint density at radius 2 is 1.95 bits per heavy atom. The van der Waals surface area contributed by atoms with Crippen molar-refractivity contribution in [1.29, 1.82) is 0 Å². The molecule has 3 aromatic rings. The molecule has 1 N–H and O–H groups in total. The first kappa shape index (κ1) is 14.0. The van der Waals surface area contributed by atoms with E-state index in [1.807, 2.05) is 0 Å². The van der Waals surface area contributed by atoms with Gasteiger partial charge in [-0.15, -0.1) is 0 Å². The van der Waals surface area contributed by atoms with Gasteiger partial charge in [-0.3, -0.25) is 4.79 Å². The van der Waals surface area contributed by atoms with Crippen molar-refractivity contribution in [3.8, 4) is 11.3 Å². The Morgan fingerprint density at radius 3 is 2.64 bits per heavy atom. The number of nitrogens with zero attached hydrogens (tertiary/aromatic N) is 1. The van der Waals surface area contributed by atoms with Gasteiger partial charge in [0.25, 0.3) is 6.01 Å². The number of halogens is 1. The fraction of sp³-hybridized carbons (Fsp3) is 0.0588. The zero-order valence-corrected chi connectivity index (χ0v) is 11.8. The highest BCUT2D eigenvalue weighted by molar-refractivity contribution is 5.94. The second kappa shape index (κ2) is 5.81. The Balaban J connectivity index is 1.80. The van der Waals surface area contributed by atoms with Gasteiger partial charge >= 0.3 is 0 Å². The lowest BCUT2D eigenvalue weighted by atomic mass is 10.1. The molecule has 5 heteroatoms. The normalized spacial score (nSPS) is 10.5. The van der Waals surface area contributed by atoms with E-state index in [4.69, 9.17) is 4.42 Å². The molecule has 0 saturated heterocycles. The number of benzene rings is 2. The summed E-state index contributed by atoms with van der Waals surface area (Å²) < 4.78 is 18.7. The van der Waals surface area contributed by atoms with Gasteiger partial charge in [0.1, 0.15) is 5.82 Å². The molecule has 1 aromatic heterocycles. The minimum absolute atomic E-state index is 0.0116. The third kappa shape index (κ3) is 3.03. The van der Waals surface area contributed by atoms with Crippen molar-refractivity contribution in [2.45, 2.75) is 6.92 Å². The smallest absolute Gasteiger partial charge is 0.299 e. The first-order chi connectivity index (χ1) is 10.6. The van der Waals surface area contributed by atoms with Crippen LogP contribution in [0.2, 0.25) is 0 Å². The number of hydrogen-bond acceptors (Lipinski definition) is 4. The quantitative estimate of drug-likeness (QED) is 0.724. The minimum Gasteiger partial charge on any atom is -0.423 e. The van der Waals surface area contributed by atoms with Crippen LogP contribution in [0.5, 0.6) is 0 Å². The second-order valence-corrected chi connectivity index (χ2v) is 4.80. The predicted molar refractivity (Wildman–Crippen MR) is 81.6 cm³/mol. The summed E-state index contributed by atoms with van der Waals surface area (Å²) >= 11 is 0. The Bertz CT molecular complexity index is 810. The minimum atomic E-state index is -0.336. The number of Topliss-reactive ketones (excluding diaryl/α,β-unsaturated/α-hetero) is 1. The van der Waals surface area contributed by atoms with E-state index in [2.05, 4.69) is 10.3 Å². The number of aromatic nitrogens is 1. The molecule has 22 heavy (non-hydrogen) atoms. The van der Waals surface area contributed by atoms with Gasteiger partial charge in [0, 0.05) is 16.8 Å². The largest absolute Gasteiger partial charge is 0.423 e. The van der Waals surface area contributed by atoms with E-state index in [1.165, 1.54) is 19.1 Å². The highest BCUT2D eigenvalue weighted by Gasteiger charge is 2.08. The van der Waals surface area contributed by atoms with Crippen LogP contribution in [0.3, 0.4) is 0 Å². The monoisotopic (exact) mass is 296 g/mol. The molecule has 0 bridgehead atoms. The van der Waals surface area contributed by atoms with Crippen molar-refractivity contribution in [2.75, 3.05) is 5.32 Å². The van der Waals surface area contributed by atoms with E-state index in [0.29, 0.717) is 17.0 Å². The summed E-state index contributed by atoms with van der Waals surface area (Å²) in [4.78, 5) is 15.4. The van der Waals surface area contributed by atoms with Crippen LogP contribution in [0.4, 0.5) is 16.1 Å². The van der Waals surface area contributed by atoms with Crippen molar-refractivity contribution in [3.05, 3.63) is 66.1 Å². The van der Waals surface area contributed by atoms with E-state index in [-0.39, 0.29) is 17.6 Å². The summed E-state index contributed by atoms with van der Waals surface area (Å²) in [6.45, 7) is 1.52.